The summed E-state index contributed by atoms with van der Waals surface area (Å²) in [4.78, 5) is 19.7. The van der Waals surface area contributed by atoms with Crippen molar-refractivity contribution in [1.29, 1.82) is 0 Å². The van der Waals surface area contributed by atoms with Crippen LogP contribution in [0.4, 0.5) is 5.82 Å². The minimum absolute atomic E-state index is 0.206. The van der Waals surface area contributed by atoms with E-state index < -0.39 is 0 Å². The largest absolute Gasteiger partial charge is 0.305 e. The van der Waals surface area contributed by atoms with E-state index in [2.05, 4.69) is 31.2 Å². The number of rotatable bonds is 2. The Balaban J connectivity index is 2.24. The highest BCUT2D eigenvalue weighted by molar-refractivity contribution is 9.10. The van der Waals surface area contributed by atoms with E-state index in [1.54, 1.807) is 18.2 Å². The molecular weight excluding hydrogens is 341 g/mol. The lowest BCUT2D eigenvalue weighted by Gasteiger charge is -2.06. The average molecular weight is 347 g/mol. The third kappa shape index (κ3) is 3.19. The molecule has 0 aliphatic heterocycles. The lowest BCUT2D eigenvalue weighted by Crippen LogP contribution is -2.13. The number of hydrogen-bond donors (Lipinski definition) is 1. The Morgan fingerprint density at radius 2 is 2.06 bits per heavy atom. The number of aromatic nitrogens is 2. The Labute approximate surface area is 121 Å². The number of benzene rings is 1. The number of carbonyl (C=O) groups is 1. The van der Waals surface area contributed by atoms with Crippen LogP contribution in [-0.2, 0) is 0 Å². The number of halogens is 3. The minimum Gasteiger partial charge on any atom is -0.305 e. The Bertz CT molecular complexity index is 607. The Hall–Kier alpha value is -1.17. The monoisotopic (exact) mass is 345 g/mol. The molecule has 92 valence electrons. The van der Waals surface area contributed by atoms with Crippen molar-refractivity contribution in [3.05, 3.63) is 50.8 Å². The molecule has 1 amide bonds. The van der Waals surface area contributed by atoms with Crippen molar-refractivity contribution >= 4 is 50.9 Å². The Morgan fingerprint density at radius 3 is 2.78 bits per heavy atom. The van der Waals surface area contributed by atoms with Gasteiger partial charge >= 0.3 is 0 Å². The number of hydrogen-bond acceptors (Lipinski definition) is 3. The van der Waals surface area contributed by atoms with E-state index in [9.17, 15) is 4.79 Å². The van der Waals surface area contributed by atoms with Gasteiger partial charge in [0.1, 0.15) is 5.15 Å². The molecule has 4 nitrogen and oxygen atoms in total. The first-order chi connectivity index (χ1) is 8.56. The highest BCUT2D eigenvalue weighted by Crippen LogP contribution is 2.22. The van der Waals surface area contributed by atoms with Crippen LogP contribution in [0, 0.1) is 0 Å². The zero-order valence-electron chi connectivity index (χ0n) is 8.82. The van der Waals surface area contributed by atoms with Crippen molar-refractivity contribution in [2.75, 3.05) is 5.32 Å². The second-order valence-corrected chi connectivity index (χ2v) is 4.98. The van der Waals surface area contributed by atoms with Gasteiger partial charge in [0.05, 0.1) is 18.0 Å². The van der Waals surface area contributed by atoms with Gasteiger partial charge in [-0.3, -0.25) is 9.78 Å². The van der Waals surface area contributed by atoms with Crippen molar-refractivity contribution in [1.82, 2.24) is 9.97 Å². The number of amides is 1. The van der Waals surface area contributed by atoms with Gasteiger partial charge in [-0.15, -0.1) is 0 Å². The Kier molecular flexibility index (Phi) is 4.16. The molecule has 0 bridgehead atoms. The zero-order valence-corrected chi connectivity index (χ0v) is 11.9. The normalized spacial score (nSPS) is 10.2. The maximum Gasteiger partial charge on any atom is 0.258 e. The van der Waals surface area contributed by atoms with E-state index in [1.165, 1.54) is 12.4 Å². The molecule has 0 fully saturated rings. The summed E-state index contributed by atoms with van der Waals surface area (Å²) in [6.07, 6.45) is 2.79. The molecule has 1 heterocycles. The fourth-order valence-electron chi connectivity index (χ4n) is 1.26. The second kappa shape index (κ2) is 5.65. The molecule has 1 aromatic heterocycles. The van der Waals surface area contributed by atoms with Gasteiger partial charge in [0.2, 0.25) is 0 Å². The molecule has 0 saturated carbocycles. The van der Waals surface area contributed by atoms with Crippen LogP contribution in [0.3, 0.4) is 0 Å². The molecule has 1 N–H and O–H groups in total. The zero-order chi connectivity index (χ0) is 13.1. The van der Waals surface area contributed by atoms with Gasteiger partial charge in [0, 0.05) is 9.50 Å². The number of carbonyl (C=O) groups excluding carboxylic acids is 1. The summed E-state index contributed by atoms with van der Waals surface area (Å²) in [6, 6.07) is 4.93. The Morgan fingerprint density at radius 1 is 1.28 bits per heavy atom. The fourth-order valence-corrected chi connectivity index (χ4v) is 2.00. The predicted octanol–water partition coefficient (Wildman–Crippen LogP) is 3.80. The van der Waals surface area contributed by atoms with Crippen LogP contribution in [0.1, 0.15) is 10.4 Å². The molecule has 0 aliphatic rings. The van der Waals surface area contributed by atoms with Gasteiger partial charge < -0.3 is 5.32 Å². The third-order valence-corrected chi connectivity index (χ3v) is 3.13. The number of anilines is 1. The van der Waals surface area contributed by atoms with E-state index >= 15 is 0 Å². The summed E-state index contributed by atoms with van der Waals surface area (Å²) in [5.41, 5.74) is 0.407. The van der Waals surface area contributed by atoms with Crippen LogP contribution >= 0.6 is 39.1 Å². The maximum atomic E-state index is 12.0. The van der Waals surface area contributed by atoms with Gasteiger partial charge in [-0.25, -0.2) is 4.98 Å². The third-order valence-electron chi connectivity index (χ3n) is 2.02. The van der Waals surface area contributed by atoms with Gasteiger partial charge in [-0.2, -0.15) is 0 Å². The van der Waals surface area contributed by atoms with E-state index in [1.807, 2.05) is 0 Å². The summed E-state index contributed by atoms with van der Waals surface area (Å²) in [6.45, 7) is 0. The molecule has 0 saturated heterocycles. The van der Waals surface area contributed by atoms with Crippen LogP contribution in [-0.4, -0.2) is 15.9 Å². The second-order valence-electron chi connectivity index (χ2n) is 3.31. The first-order valence-corrected chi connectivity index (χ1v) is 6.35. The molecule has 0 unspecified atom stereocenters. The van der Waals surface area contributed by atoms with Crippen LogP contribution in [0.25, 0.3) is 0 Å². The summed E-state index contributed by atoms with van der Waals surface area (Å²) in [5, 5.41) is 3.26. The minimum atomic E-state index is -0.346. The van der Waals surface area contributed by atoms with Gasteiger partial charge in [-0.1, -0.05) is 23.2 Å². The standard InChI is InChI=1S/C11H6BrCl2N3O/c12-8-2-1-6(13)3-7(8)11(18)17-10-5-15-4-9(14)16-10/h1-5H,(H,16,17,18). The maximum absolute atomic E-state index is 12.0. The highest BCUT2D eigenvalue weighted by atomic mass is 79.9. The van der Waals surface area contributed by atoms with Crippen molar-refractivity contribution in [3.8, 4) is 0 Å². The first-order valence-electron chi connectivity index (χ1n) is 4.80. The SMILES string of the molecule is O=C(Nc1cncc(Cl)n1)c1cc(Cl)ccc1Br. The highest BCUT2D eigenvalue weighted by Gasteiger charge is 2.11. The lowest BCUT2D eigenvalue weighted by atomic mass is 10.2. The molecule has 0 atom stereocenters. The lowest BCUT2D eigenvalue weighted by molar-refractivity contribution is 0.102. The first kappa shape index (κ1) is 13.3. The van der Waals surface area contributed by atoms with E-state index in [0.717, 1.165) is 0 Å². The van der Waals surface area contributed by atoms with Crippen LogP contribution in [0.2, 0.25) is 10.2 Å². The van der Waals surface area contributed by atoms with E-state index in [-0.39, 0.29) is 16.9 Å². The molecule has 0 aliphatic carbocycles. The van der Waals surface area contributed by atoms with Crippen molar-refractivity contribution < 1.29 is 4.79 Å². The average Bonchev–Trinajstić information content (AvgIpc) is 2.32. The van der Waals surface area contributed by atoms with Crippen LogP contribution in [0.15, 0.2) is 35.1 Å². The van der Waals surface area contributed by atoms with Crippen molar-refractivity contribution in [2.24, 2.45) is 0 Å². The summed E-state index contributed by atoms with van der Waals surface area (Å²) >= 11 is 14.8. The quantitative estimate of drug-likeness (QED) is 0.899. The fraction of sp³-hybridized carbons (Fsp3) is 0. The van der Waals surface area contributed by atoms with Gasteiger partial charge in [-0.05, 0) is 34.1 Å². The van der Waals surface area contributed by atoms with Crippen LogP contribution < -0.4 is 5.32 Å². The summed E-state index contributed by atoms with van der Waals surface area (Å²) < 4.78 is 0.638. The van der Waals surface area contributed by atoms with Gasteiger partial charge in [0.25, 0.3) is 5.91 Å². The molecule has 0 radical (unpaired) electrons. The summed E-state index contributed by atoms with van der Waals surface area (Å²) in [5.74, 6) is -0.0692. The van der Waals surface area contributed by atoms with E-state index in [4.69, 9.17) is 23.2 Å². The van der Waals surface area contributed by atoms with E-state index in [0.29, 0.717) is 15.1 Å². The summed E-state index contributed by atoms with van der Waals surface area (Å²) in [7, 11) is 0. The smallest absolute Gasteiger partial charge is 0.258 e. The topological polar surface area (TPSA) is 54.9 Å². The molecule has 7 heteroatoms. The van der Waals surface area contributed by atoms with Gasteiger partial charge in [0.15, 0.2) is 5.82 Å². The molecule has 2 aromatic rings. The molecule has 0 spiro atoms. The molecule has 1 aromatic carbocycles. The number of nitrogens with one attached hydrogen (secondary N) is 1. The molecule has 18 heavy (non-hydrogen) atoms. The van der Waals surface area contributed by atoms with Crippen molar-refractivity contribution in [3.63, 3.8) is 0 Å². The predicted molar refractivity (Wildman–Crippen MR) is 74.1 cm³/mol. The number of nitrogens with zero attached hydrogens (tertiary/aromatic N) is 2. The van der Waals surface area contributed by atoms with Crippen LogP contribution in [0.5, 0.6) is 0 Å². The molecule has 2 rings (SSSR count). The van der Waals surface area contributed by atoms with Crippen molar-refractivity contribution in [2.45, 2.75) is 0 Å². The molecular formula is C11H6BrCl2N3O.